The maximum Gasteiger partial charge on any atom is 0.320 e. The van der Waals surface area contributed by atoms with Crippen molar-refractivity contribution in [3.63, 3.8) is 0 Å². The molecule has 0 spiro atoms. The Bertz CT molecular complexity index is 712. The van der Waals surface area contributed by atoms with Crippen LogP contribution in [0.25, 0.3) is 11.3 Å². The summed E-state index contributed by atoms with van der Waals surface area (Å²) in [7, 11) is 0. The number of carbonyl (C=O) groups excluding carboxylic acids is 1. The van der Waals surface area contributed by atoms with Crippen LogP contribution < -0.4 is 4.90 Å². The summed E-state index contributed by atoms with van der Waals surface area (Å²) in [5.74, 6) is 0. The van der Waals surface area contributed by atoms with Crippen molar-refractivity contribution in [2.75, 3.05) is 31.1 Å². The van der Waals surface area contributed by atoms with Gasteiger partial charge >= 0.3 is 6.03 Å². The minimum Gasteiger partial charge on any atom is -0.345 e. The van der Waals surface area contributed by atoms with Gasteiger partial charge in [0, 0.05) is 49.2 Å². The van der Waals surface area contributed by atoms with Gasteiger partial charge in [0.1, 0.15) is 0 Å². The molecule has 1 aromatic carbocycles. The number of nitrogens with zero attached hydrogens (tertiary/aromatic N) is 4. The molecular weight excluding hydrogens is 344 g/mol. The lowest BCUT2D eigenvalue weighted by Gasteiger charge is -2.40. The third kappa shape index (κ3) is 4.01. The van der Waals surface area contributed by atoms with E-state index in [1.807, 2.05) is 28.0 Å². The molecule has 1 aliphatic rings. The van der Waals surface area contributed by atoms with Crippen molar-refractivity contribution in [1.82, 2.24) is 14.8 Å². The molecule has 2 amide bonds. The van der Waals surface area contributed by atoms with Crippen LogP contribution >= 0.6 is 11.3 Å². The number of benzene rings is 1. The second-order valence-electron chi connectivity index (χ2n) is 7.23. The van der Waals surface area contributed by atoms with Crippen molar-refractivity contribution in [3.8, 4) is 11.3 Å². The van der Waals surface area contributed by atoms with Crippen LogP contribution in [0.4, 0.5) is 9.93 Å². The highest BCUT2D eigenvalue weighted by Gasteiger charge is 2.29. The van der Waals surface area contributed by atoms with E-state index in [0.29, 0.717) is 0 Å². The molecule has 0 unspecified atom stereocenters. The fourth-order valence-electron chi connectivity index (χ4n) is 3.44. The molecule has 2 heterocycles. The molecule has 2 aromatic rings. The fourth-order valence-corrected chi connectivity index (χ4v) is 4.33. The van der Waals surface area contributed by atoms with Crippen molar-refractivity contribution in [1.29, 1.82) is 0 Å². The number of aromatic nitrogens is 1. The number of hydrogen-bond donors (Lipinski definition) is 0. The van der Waals surface area contributed by atoms with Crippen LogP contribution in [-0.2, 0) is 0 Å². The number of rotatable bonds is 4. The van der Waals surface area contributed by atoms with E-state index in [1.165, 1.54) is 0 Å². The Morgan fingerprint density at radius 3 is 2.23 bits per heavy atom. The summed E-state index contributed by atoms with van der Waals surface area (Å²) >= 11 is 1.68. The number of carbonyl (C=O) groups is 1. The van der Waals surface area contributed by atoms with Gasteiger partial charge in [-0.3, -0.25) is 0 Å². The number of amides is 2. The molecule has 0 aliphatic carbocycles. The van der Waals surface area contributed by atoms with Gasteiger partial charge in [-0.05, 0) is 27.7 Å². The Hall–Kier alpha value is -2.08. The van der Waals surface area contributed by atoms with Gasteiger partial charge in [-0.1, -0.05) is 30.3 Å². The summed E-state index contributed by atoms with van der Waals surface area (Å²) < 4.78 is 0. The predicted molar refractivity (Wildman–Crippen MR) is 109 cm³/mol. The first-order chi connectivity index (χ1) is 12.5. The van der Waals surface area contributed by atoms with E-state index in [4.69, 9.17) is 4.98 Å². The molecule has 1 aliphatic heterocycles. The van der Waals surface area contributed by atoms with Crippen LogP contribution in [0.2, 0.25) is 0 Å². The summed E-state index contributed by atoms with van der Waals surface area (Å²) in [5, 5.41) is 3.15. The molecule has 26 heavy (non-hydrogen) atoms. The first-order valence-electron chi connectivity index (χ1n) is 9.30. The van der Waals surface area contributed by atoms with Crippen molar-refractivity contribution in [2.45, 2.75) is 39.8 Å². The highest BCUT2D eigenvalue weighted by molar-refractivity contribution is 7.14. The number of piperazine rings is 1. The number of urea groups is 1. The van der Waals surface area contributed by atoms with Crippen LogP contribution in [-0.4, -0.2) is 59.1 Å². The first-order valence-corrected chi connectivity index (χ1v) is 10.2. The molecule has 6 heteroatoms. The second kappa shape index (κ2) is 8.08. The summed E-state index contributed by atoms with van der Waals surface area (Å²) in [6, 6.07) is 10.8. The predicted octanol–water partition coefficient (Wildman–Crippen LogP) is 4.17. The van der Waals surface area contributed by atoms with Crippen LogP contribution in [0.3, 0.4) is 0 Å². The number of hydrogen-bond acceptors (Lipinski definition) is 4. The molecule has 3 rings (SSSR count). The van der Waals surface area contributed by atoms with Gasteiger partial charge in [0.25, 0.3) is 0 Å². The Kier molecular flexibility index (Phi) is 5.81. The zero-order valence-electron chi connectivity index (χ0n) is 16.1. The summed E-state index contributed by atoms with van der Waals surface area (Å²) in [4.78, 5) is 23.9. The largest absolute Gasteiger partial charge is 0.345 e. The topological polar surface area (TPSA) is 39.7 Å². The van der Waals surface area contributed by atoms with Gasteiger partial charge in [0.05, 0.1) is 5.69 Å². The first kappa shape index (κ1) is 18.7. The fraction of sp³-hybridized carbons (Fsp3) is 0.500. The third-order valence-corrected chi connectivity index (χ3v) is 5.62. The number of thiazole rings is 1. The quantitative estimate of drug-likeness (QED) is 0.809. The smallest absolute Gasteiger partial charge is 0.320 e. The summed E-state index contributed by atoms with van der Waals surface area (Å²) in [6.45, 7) is 11.5. The van der Waals surface area contributed by atoms with E-state index in [-0.39, 0.29) is 18.1 Å². The maximum atomic E-state index is 12.8. The normalized spacial score (nSPS) is 15.0. The second-order valence-corrected chi connectivity index (χ2v) is 8.07. The highest BCUT2D eigenvalue weighted by atomic mass is 32.1. The standard InChI is InChI=1S/C20H28N4OS/c1-15(2)24(16(3)4)20(25)23-12-10-22(11-13-23)19-21-18(14-26-19)17-8-6-5-7-9-17/h5-9,14-16H,10-13H2,1-4H3. The molecule has 0 radical (unpaired) electrons. The van der Waals surface area contributed by atoms with Gasteiger partial charge in [-0.2, -0.15) is 0 Å². The van der Waals surface area contributed by atoms with E-state index >= 15 is 0 Å². The third-order valence-electron chi connectivity index (χ3n) is 4.72. The molecule has 1 aromatic heterocycles. The molecule has 140 valence electrons. The van der Waals surface area contributed by atoms with Crippen molar-refractivity contribution < 1.29 is 4.79 Å². The summed E-state index contributed by atoms with van der Waals surface area (Å²) in [5.41, 5.74) is 2.17. The molecule has 5 nitrogen and oxygen atoms in total. The number of anilines is 1. The van der Waals surface area contributed by atoms with E-state index in [0.717, 1.165) is 42.6 Å². The zero-order valence-corrected chi connectivity index (χ0v) is 16.9. The van der Waals surface area contributed by atoms with Crippen molar-refractivity contribution in [2.24, 2.45) is 0 Å². The van der Waals surface area contributed by atoms with E-state index < -0.39 is 0 Å². The molecular formula is C20H28N4OS. The lowest BCUT2D eigenvalue weighted by atomic mass is 10.2. The SMILES string of the molecule is CC(C)N(C(=O)N1CCN(c2nc(-c3ccccc3)cs2)CC1)C(C)C. The minimum atomic E-state index is 0.152. The van der Waals surface area contributed by atoms with Gasteiger partial charge in [0.15, 0.2) is 5.13 Å². The van der Waals surface area contributed by atoms with Gasteiger partial charge in [-0.15, -0.1) is 11.3 Å². The summed E-state index contributed by atoms with van der Waals surface area (Å²) in [6.07, 6.45) is 0. The monoisotopic (exact) mass is 372 g/mol. The molecule has 1 fully saturated rings. The van der Waals surface area contributed by atoms with E-state index in [9.17, 15) is 4.79 Å². The molecule has 0 saturated carbocycles. The van der Waals surface area contributed by atoms with E-state index in [1.54, 1.807) is 11.3 Å². The molecule has 1 saturated heterocycles. The van der Waals surface area contributed by atoms with E-state index in [2.05, 4.69) is 50.1 Å². The Labute approximate surface area is 160 Å². The lowest BCUT2D eigenvalue weighted by molar-refractivity contribution is 0.122. The van der Waals surface area contributed by atoms with Gasteiger partial charge < -0.3 is 14.7 Å². The highest BCUT2D eigenvalue weighted by Crippen LogP contribution is 2.28. The molecule has 0 bridgehead atoms. The van der Waals surface area contributed by atoms with Crippen molar-refractivity contribution in [3.05, 3.63) is 35.7 Å². The Balaban J connectivity index is 1.62. The minimum absolute atomic E-state index is 0.152. The van der Waals surface area contributed by atoms with Gasteiger partial charge in [-0.25, -0.2) is 9.78 Å². The molecule has 0 N–H and O–H groups in total. The molecule has 0 atom stereocenters. The van der Waals surface area contributed by atoms with Crippen LogP contribution in [0.15, 0.2) is 35.7 Å². The Morgan fingerprint density at radius 1 is 1.04 bits per heavy atom. The lowest BCUT2D eigenvalue weighted by Crippen LogP contribution is -2.55. The average Bonchev–Trinajstić information content (AvgIpc) is 3.12. The van der Waals surface area contributed by atoms with Gasteiger partial charge in [0.2, 0.25) is 0 Å². The van der Waals surface area contributed by atoms with Crippen LogP contribution in [0.1, 0.15) is 27.7 Å². The zero-order chi connectivity index (χ0) is 18.7. The average molecular weight is 373 g/mol. The van der Waals surface area contributed by atoms with Crippen LogP contribution in [0, 0.1) is 0 Å². The van der Waals surface area contributed by atoms with Crippen molar-refractivity contribution >= 4 is 22.5 Å². The van der Waals surface area contributed by atoms with Crippen LogP contribution in [0.5, 0.6) is 0 Å². The Morgan fingerprint density at radius 2 is 1.65 bits per heavy atom. The maximum absolute atomic E-state index is 12.8.